The highest BCUT2D eigenvalue weighted by Gasteiger charge is 2.44. The number of amides is 8. The number of esters is 2. The van der Waals surface area contributed by atoms with Gasteiger partial charge in [0.05, 0.1) is 19.6 Å². The van der Waals surface area contributed by atoms with Crippen molar-refractivity contribution in [2.75, 3.05) is 65.2 Å². The number of cyclic esters (lactones) is 2. The number of hydrogen-bond donors (Lipinski definition) is 4. The van der Waals surface area contributed by atoms with Crippen LogP contribution in [0.2, 0.25) is 0 Å². The van der Waals surface area contributed by atoms with E-state index in [0.717, 1.165) is 5.56 Å². The van der Waals surface area contributed by atoms with Gasteiger partial charge in [-0.2, -0.15) is 0 Å². The number of piperidine rings is 1. The second kappa shape index (κ2) is 34.7. The van der Waals surface area contributed by atoms with Crippen molar-refractivity contribution in [1.82, 2.24) is 30.2 Å². The fourth-order valence-electron chi connectivity index (χ4n) is 12.3. The number of nitrogens with one attached hydrogen (secondary N) is 4. The van der Waals surface area contributed by atoms with Gasteiger partial charge in [0.15, 0.2) is 11.5 Å². The van der Waals surface area contributed by atoms with Crippen LogP contribution < -0.4 is 30.7 Å². The summed E-state index contributed by atoms with van der Waals surface area (Å²) in [5.74, 6) is -6.34. The number of rotatable bonds is 12. The Morgan fingerprint density at radius 3 is 2.04 bits per heavy atom. The molecule has 23 heteroatoms. The molecule has 8 amide bonds. The lowest BCUT2D eigenvalue weighted by molar-refractivity contribution is -0.165. The molecule has 6 atom stereocenters. The monoisotopic (exact) mass is 1340 g/mol. The van der Waals surface area contributed by atoms with E-state index in [1.54, 1.807) is 122 Å². The molecule has 4 N–H and O–H groups in total. The van der Waals surface area contributed by atoms with E-state index < -0.39 is 101 Å². The van der Waals surface area contributed by atoms with Gasteiger partial charge in [-0.05, 0) is 148 Å². The normalized spacial score (nSPS) is 21.8. The predicted octanol–water partition coefficient (Wildman–Crippen LogP) is 8.28. The zero-order valence-electron chi connectivity index (χ0n) is 57.0. The lowest BCUT2D eigenvalue weighted by Gasteiger charge is -2.36. The predicted molar refractivity (Wildman–Crippen MR) is 366 cm³/mol. The van der Waals surface area contributed by atoms with Crippen LogP contribution in [0.4, 0.5) is 11.4 Å². The first-order valence-corrected chi connectivity index (χ1v) is 33.4. The molecule has 5 aromatic carbocycles. The molecule has 8 rings (SSSR count). The van der Waals surface area contributed by atoms with Crippen molar-refractivity contribution in [3.8, 4) is 11.5 Å². The van der Waals surface area contributed by atoms with Crippen LogP contribution in [0.15, 0.2) is 140 Å². The van der Waals surface area contributed by atoms with Crippen LogP contribution in [-0.2, 0) is 70.3 Å². The Morgan fingerprint density at radius 2 is 1.34 bits per heavy atom. The quantitative estimate of drug-likeness (QED) is 0.0675. The van der Waals surface area contributed by atoms with Crippen molar-refractivity contribution < 1.29 is 71.7 Å². The smallest absolute Gasteiger partial charge is 0.330 e. The van der Waals surface area contributed by atoms with Gasteiger partial charge in [0, 0.05) is 76.0 Å². The number of hydrogen-bond acceptors (Lipinski definition) is 15. The second-order valence-electron chi connectivity index (χ2n) is 26.1. The molecule has 23 nitrogen and oxygen atoms in total. The molecule has 3 heterocycles. The molecule has 3 aliphatic heterocycles. The number of nitrogens with zero attached hydrogens (tertiary/aromatic N) is 4. The van der Waals surface area contributed by atoms with E-state index in [1.165, 1.54) is 66.9 Å². The fraction of sp³-hybridized carbons (Fsp3) is 0.427. The molecule has 2 bridgehead atoms. The van der Waals surface area contributed by atoms with Crippen LogP contribution in [0.3, 0.4) is 0 Å². The minimum atomic E-state index is -1.52. The van der Waals surface area contributed by atoms with Gasteiger partial charge in [0.2, 0.25) is 41.2 Å². The number of Topliss-reactive ketones (excluding diaryl/α,β-unsaturated/α-hetero) is 1. The summed E-state index contributed by atoms with van der Waals surface area (Å²) in [4.78, 5) is 163. The molecule has 98 heavy (non-hydrogen) atoms. The van der Waals surface area contributed by atoms with Crippen LogP contribution in [-0.4, -0.2) is 163 Å². The number of likely N-dealkylation sites (N-methyl/N-ethyl adjacent to an activating group) is 2. The Labute approximate surface area is 572 Å². The first-order valence-electron chi connectivity index (χ1n) is 33.4. The third kappa shape index (κ3) is 19.7. The maximum Gasteiger partial charge on any atom is 0.330 e. The minimum Gasteiger partial charge on any atom is -0.493 e. The standard InChI is InChI=1S/C75H90N8O15/c1-48(2)43-59-71(91)80(5)40-17-16-29-65(86)97-47-75(3,4)67(87)73(93)83-41-18-15-27-58(83)74(94)98-60(36-32-50-33-37-61(95-7)62(45-50)96-8)53-23-19-26-55(46-53)76-63(84)38-39-64(85)79-66(51-21-11-9-12-22-51)69(89)78-56(70(90)82-42-20-28-57(82)72(92)81(59)6)44-49-30-34-52(35-31-49)68(88)77-54-24-13-10-14-25-54/h9-14,16,19,21-26,29-31,33-35,37,45-46,48,56-60,66H,15,17-18,20,27-28,32,36,38-44,47H2,1-8H3,(H,76,84)(H,77,88)(H,78,89)(H,79,85)/t56-,57+,58-,59-,60+,66-/m0/s1. The van der Waals surface area contributed by atoms with E-state index in [0.29, 0.717) is 70.8 Å². The Kier molecular flexibility index (Phi) is 26.0. The summed E-state index contributed by atoms with van der Waals surface area (Å²) in [6, 6.07) is 30.0. The summed E-state index contributed by atoms with van der Waals surface area (Å²) in [6.45, 7) is 6.64. The van der Waals surface area contributed by atoms with Crippen LogP contribution >= 0.6 is 0 Å². The Bertz CT molecular complexity index is 3710. The first-order chi connectivity index (χ1) is 46.9. The average Bonchev–Trinajstić information content (AvgIpc) is 1.38. The molecule has 520 valence electrons. The van der Waals surface area contributed by atoms with Gasteiger partial charge in [-0.1, -0.05) is 98.8 Å². The molecular formula is C75H90N8O15. The van der Waals surface area contributed by atoms with Crippen LogP contribution in [0.1, 0.15) is 137 Å². The first kappa shape index (κ1) is 73.6. The fourth-order valence-corrected chi connectivity index (χ4v) is 12.3. The van der Waals surface area contributed by atoms with Crippen LogP contribution in [0.25, 0.3) is 0 Å². The van der Waals surface area contributed by atoms with Gasteiger partial charge in [0.25, 0.3) is 11.8 Å². The minimum absolute atomic E-state index is 0.0631. The lowest BCUT2D eigenvalue weighted by Crippen LogP contribution is -2.58. The molecule has 0 aliphatic carbocycles. The number of ether oxygens (including phenoxy) is 4. The molecule has 3 aliphatic rings. The summed E-state index contributed by atoms with van der Waals surface area (Å²) in [7, 11) is 6.14. The summed E-state index contributed by atoms with van der Waals surface area (Å²) in [5.41, 5.74) is 1.89. The summed E-state index contributed by atoms with van der Waals surface area (Å²) >= 11 is 0. The highest BCUT2D eigenvalue weighted by atomic mass is 16.5. The van der Waals surface area contributed by atoms with E-state index in [-0.39, 0.29) is 88.7 Å². The van der Waals surface area contributed by atoms with E-state index in [1.807, 2.05) is 26.0 Å². The highest BCUT2D eigenvalue weighted by molar-refractivity contribution is 6.38. The molecule has 2 fully saturated rings. The maximum absolute atomic E-state index is 15.3. The number of benzene rings is 5. The Balaban J connectivity index is 1.10. The molecule has 0 aromatic heterocycles. The van der Waals surface area contributed by atoms with E-state index >= 15 is 4.79 Å². The topological polar surface area (TPSA) is 286 Å². The zero-order valence-corrected chi connectivity index (χ0v) is 57.0. The SMILES string of the molecule is COc1ccc(CC[C@H]2OC(=O)[C@@H]3CCCCN3C(=O)C(=O)C(C)(C)COC(=O)C=CCCN(C)C(=O)[C@H](CC(C)C)N(C)C(=O)[C@H]3CCCN3C(=O)[C@H](Cc3ccc(C(=O)Nc4ccccc4)cc3)NC(=O)[C@H](c3ccccc3)NC(=O)CCC(=O)Nc3cccc2c3)cc1OC. The number of ketones is 1. The number of carbonyl (C=O) groups excluding carboxylic acids is 11. The van der Waals surface area contributed by atoms with Gasteiger partial charge in [-0.15, -0.1) is 0 Å². The molecule has 0 spiro atoms. The van der Waals surface area contributed by atoms with E-state index in [4.69, 9.17) is 18.9 Å². The number of fused-ring (bicyclic) bond motifs is 4. The van der Waals surface area contributed by atoms with Gasteiger partial charge in [0.1, 0.15) is 42.9 Å². The van der Waals surface area contributed by atoms with Crippen molar-refractivity contribution in [2.45, 2.75) is 141 Å². The molecular weight excluding hydrogens is 1250 g/mol. The molecule has 0 radical (unpaired) electrons. The number of carbonyl (C=O) groups is 11. The maximum atomic E-state index is 15.3. The van der Waals surface area contributed by atoms with E-state index in [9.17, 15) is 47.9 Å². The molecule has 5 aromatic rings. The van der Waals surface area contributed by atoms with E-state index in [2.05, 4.69) is 21.3 Å². The number of methoxy groups -OCH3 is 2. The molecule has 0 saturated carbocycles. The van der Waals surface area contributed by atoms with Crippen molar-refractivity contribution >= 4 is 76.4 Å². The number of para-hydroxylation sites is 1. The molecule has 0 unspecified atom stereocenters. The van der Waals surface area contributed by atoms with Crippen LogP contribution in [0.5, 0.6) is 11.5 Å². The van der Waals surface area contributed by atoms with Gasteiger partial charge < -0.3 is 59.8 Å². The zero-order chi connectivity index (χ0) is 70.6. The second-order valence-corrected chi connectivity index (χ2v) is 26.1. The summed E-state index contributed by atoms with van der Waals surface area (Å²) in [5, 5.41) is 11.4. The molecule has 2 saturated heterocycles. The average molecular weight is 1340 g/mol. The van der Waals surface area contributed by atoms with Gasteiger partial charge in [-0.3, -0.25) is 43.2 Å². The Morgan fingerprint density at radius 1 is 0.673 bits per heavy atom. The number of anilines is 2. The largest absolute Gasteiger partial charge is 0.493 e. The number of aryl methyl sites for hydroxylation is 1. The Hall–Kier alpha value is -10.2. The van der Waals surface area contributed by atoms with Gasteiger partial charge >= 0.3 is 11.9 Å². The lowest BCUT2D eigenvalue weighted by atomic mass is 9.87. The van der Waals surface area contributed by atoms with Crippen molar-refractivity contribution in [3.63, 3.8) is 0 Å². The highest BCUT2D eigenvalue weighted by Crippen LogP contribution is 2.33. The van der Waals surface area contributed by atoms with Gasteiger partial charge in [-0.25, -0.2) is 9.59 Å². The summed E-state index contributed by atoms with van der Waals surface area (Å²) in [6.07, 6.45) is 3.80. The van der Waals surface area contributed by atoms with Crippen molar-refractivity contribution in [2.24, 2.45) is 11.3 Å². The van der Waals surface area contributed by atoms with Crippen molar-refractivity contribution in [1.29, 1.82) is 0 Å². The third-order valence-corrected chi connectivity index (χ3v) is 17.8. The summed E-state index contributed by atoms with van der Waals surface area (Å²) < 4.78 is 22.9. The van der Waals surface area contributed by atoms with Crippen LogP contribution in [0, 0.1) is 11.3 Å². The van der Waals surface area contributed by atoms with Crippen molar-refractivity contribution in [3.05, 3.63) is 167 Å². The third-order valence-electron chi connectivity index (χ3n) is 17.8.